The van der Waals surface area contributed by atoms with Crippen LogP contribution in [-0.4, -0.2) is 40.9 Å². The fourth-order valence-electron chi connectivity index (χ4n) is 4.24. The van der Waals surface area contributed by atoms with Crippen molar-refractivity contribution in [2.75, 3.05) is 19.3 Å². The summed E-state index contributed by atoms with van der Waals surface area (Å²) < 4.78 is 27.0. The fourth-order valence-corrected chi connectivity index (χ4v) is 6.84. The fraction of sp³-hybridized carbons (Fsp3) is 0.708. The lowest BCUT2D eigenvalue weighted by atomic mass is 10.1. The van der Waals surface area contributed by atoms with E-state index in [1.807, 2.05) is 0 Å². The van der Waals surface area contributed by atoms with E-state index in [2.05, 4.69) is 6.92 Å². The van der Waals surface area contributed by atoms with E-state index in [9.17, 15) is 19.5 Å². The van der Waals surface area contributed by atoms with E-state index in [-0.39, 0.29) is 18.3 Å². The average Bonchev–Trinajstić information content (AvgIpc) is 3.30. The second-order valence-electron chi connectivity index (χ2n) is 8.60. The summed E-state index contributed by atoms with van der Waals surface area (Å²) in [7, 11) is -3.37. The first-order chi connectivity index (χ1) is 15.9. The number of carbonyl (C=O) groups excluding carboxylic acids is 1. The van der Waals surface area contributed by atoms with Crippen LogP contribution in [-0.2, 0) is 14.1 Å². The Morgan fingerprint density at radius 2 is 1.67 bits per heavy atom. The zero-order valence-corrected chi connectivity index (χ0v) is 21.0. The molecule has 0 aromatic heterocycles. The number of carbonyl (C=O) groups is 1. The third kappa shape index (κ3) is 8.74. The summed E-state index contributed by atoms with van der Waals surface area (Å²) in [5.41, 5.74) is -0.0540. The van der Waals surface area contributed by atoms with Gasteiger partial charge in [-0.15, -0.1) is 0 Å². The highest BCUT2D eigenvalue weighted by Gasteiger charge is 2.44. The lowest BCUT2D eigenvalue weighted by Crippen LogP contribution is -2.37. The van der Waals surface area contributed by atoms with Crippen LogP contribution >= 0.6 is 7.52 Å². The summed E-state index contributed by atoms with van der Waals surface area (Å²) in [6.45, 7) is 4.75. The van der Waals surface area contributed by atoms with Crippen LogP contribution in [0.15, 0.2) is 24.3 Å². The standard InChI is InChI=1S/C24H39N2O6P/c1-3-5-6-7-8-9-10-11-12-20-33(30,25-19-13-14-23(25)24(27)31-4-2)32-22-17-15-21(16-18-22)26(28)29/h15-18,23H,3-14,19-20H2,1-2H3. The van der Waals surface area contributed by atoms with Gasteiger partial charge in [0.1, 0.15) is 11.8 Å². The Labute approximate surface area is 197 Å². The monoisotopic (exact) mass is 482 g/mol. The number of nitro benzene ring substituents is 1. The quantitative estimate of drug-likeness (QED) is 0.0847. The second kappa shape index (κ2) is 14.4. The highest BCUT2D eigenvalue weighted by molar-refractivity contribution is 7.57. The number of hydrogen-bond donors (Lipinski definition) is 0. The molecule has 186 valence electrons. The Bertz CT molecular complexity index is 786. The number of hydrogen-bond acceptors (Lipinski definition) is 6. The SMILES string of the molecule is CCCCCCCCCCCP(=O)(Oc1ccc([N+](=O)[O-])cc1)N1CCCC1C(=O)OCC. The highest BCUT2D eigenvalue weighted by atomic mass is 31.2. The lowest BCUT2D eigenvalue weighted by molar-refractivity contribution is -0.384. The summed E-state index contributed by atoms with van der Waals surface area (Å²) >= 11 is 0. The van der Waals surface area contributed by atoms with E-state index in [1.165, 1.54) is 62.8 Å². The molecule has 0 amide bonds. The molecule has 8 nitrogen and oxygen atoms in total. The van der Waals surface area contributed by atoms with Crippen molar-refractivity contribution in [3.05, 3.63) is 34.4 Å². The van der Waals surface area contributed by atoms with Gasteiger partial charge < -0.3 is 9.26 Å². The van der Waals surface area contributed by atoms with Crippen molar-refractivity contribution in [1.29, 1.82) is 0 Å². The summed E-state index contributed by atoms with van der Waals surface area (Å²) in [5.74, 6) is -0.0519. The maximum Gasteiger partial charge on any atom is 0.323 e. The Morgan fingerprint density at radius 1 is 1.06 bits per heavy atom. The van der Waals surface area contributed by atoms with Crippen molar-refractivity contribution in [2.45, 2.75) is 90.5 Å². The summed E-state index contributed by atoms with van der Waals surface area (Å²) in [5, 5.41) is 10.9. The van der Waals surface area contributed by atoms with Crippen molar-refractivity contribution in [1.82, 2.24) is 4.67 Å². The number of non-ortho nitro benzene ring substituents is 1. The molecule has 1 aromatic rings. The van der Waals surface area contributed by atoms with E-state index in [4.69, 9.17) is 9.26 Å². The predicted octanol–water partition coefficient (Wildman–Crippen LogP) is 6.73. The van der Waals surface area contributed by atoms with Gasteiger partial charge in [-0.25, -0.2) is 4.67 Å². The van der Waals surface area contributed by atoms with Crippen molar-refractivity contribution in [3.63, 3.8) is 0 Å². The third-order valence-electron chi connectivity index (χ3n) is 6.01. The predicted molar refractivity (Wildman–Crippen MR) is 130 cm³/mol. The van der Waals surface area contributed by atoms with Crippen LogP contribution in [0, 0.1) is 10.1 Å². The number of benzene rings is 1. The topological polar surface area (TPSA) is 99.0 Å². The number of nitrogens with zero attached hydrogens (tertiary/aromatic N) is 2. The molecule has 1 aliphatic heterocycles. The molecule has 1 fully saturated rings. The molecule has 1 heterocycles. The molecule has 1 aliphatic rings. The first-order valence-corrected chi connectivity index (χ1v) is 14.1. The molecule has 0 aliphatic carbocycles. The maximum atomic E-state index is 14.1. The van der Waals surface area contributed by atoms with Gasteiger partial charge in [-0.05, 0) is 38.3 Å². The summed E-state index contributed by atoms with van der Waals surface area (Å²) in [4.78, 5) is 22.9. The minimum Gasteiger partial charge on any atom is -0.465 e. The first kappa shape index (κ1) is 27.3. The molecule has 0 N–H and O–H groups in total. The van der Waals surface area contributed by atoms with Gasteiger partial charge in [0.05, 0.1) is 11.5 Å². The number of rotatable bonds is 16. The molecular formula is C24H39N2O6P. The van der Waals surface area contributed by atoms with Gasteiger partial charge in [0.2, 0.25) is 0 Å². The largest absolute Gasteiger partial charge is 0.465 e. The lowest BCUT2D eigenvalue weighted by Gasteiger charge is -2.31. The van der Waals surface area contributed by atoms with Gasteiger partial charge in [0.15, 0.2) is 0 Å². The third-order valence-corrected chi connectivity index (χ3v) is 8.65. The molecule has 0 spiro atoms. The molecule has 0 bridgehead atoms. The van der Waals surface area contributed by atoms with Crippen LogP contribution in [0.3, 0.4) is 0 Å². The van der Waals surface area contributed by atoms with Crippen molar-refractivity contribution in [3.8, 4) is 5.75 Å². The van der Waals surface area contributed by atoms with Gasteiger partial charge in [-0.2, -0.15) is 0 Å². The molecule has 2 unspecified atom stereocenters. The van der Waals surface area contributed by atoms with E-state index >= 15 is 0 Å². The zero-order valence-electron chi connectivity index (χ0n) is 20.1. The van der Waals surface area contributed by atoms with E-state index in [1.54, 1.807) is 11.6 Å². The molecule has 0 saturated carbocycles. The van der Waals surface area contributed by atoms with Crippen molar-refractivity contribution >= 4 is 19.2 Å². The Hall–Kier alpha value is -1.92. The number of nitro groups is 1. The molecule has 1 saturated heterocycles. The normalized spacial score (nSPS) is 18.1. The minimum atomic E-state index is -3.37. The van der Waals surface area contributed by atoms with Gasteiger partial charge in [-0.1, -0.05) is 58.3 Å². The molecule has 0 radical (unpaired) electrons. The Kier molecular flexibility index (Phi) is 11.9. The molecule has 2 atom stereocenters. The van der Waals surface area contributed by atoms with Crippen LogP contribution in [0.5, 0.6) is 5.75 Å². The van der Waals surface area contributed by atoms with Crippen LogP contribution < -0.4 is 4.52 Å². The van der Waals surface area contributed by atoms with Gasteiger partial charge in [0, 0.05) is 24.8 Å². The summed E-state index contributed by atoms with van der Waals surface area (Å²) in [6.07, 6.45) is 12.0. The Morgan fingerprint density at radius 3 is 2.24 bits per heavy atom. The highest BCUT2D eigenvalue weighted by Crippen LogP contribution is 2.55. The minimum absolute atomic E-state index is 0.0540. The van der Waals surface area contributed by atoms with Crippen molar-refractivity contribution in [2.24, 2.45) is 0 Å². The van der Waals surface area contributed by atoms with Gasteiger partial charge >= 0.3 is 13.5 Å². The number of esters is 1. The van der Waals surface area contributed by atoms with Crippen LogP contribution in [0.4, 0.5) is 5.69 Å². The maximum absolute atomic E-state index is 14.1. The molecule has 9 heteroatoms. The first-order valence-electron chi connectivity index (χ1n) is 12.4. The zero-order chi connectivity index (χ0) is 24.1. The van der Waals surface area contributed by atoms with Gasteiger partial charge in [-0.3, -0.25) is 19.5 Å². The van der Waals surface area contributed by atoms with Crippen LogP contribution in [0.25, 0.3) is 0 Å². The number of unbranched alkanes of at least 4 members (excludes halogenated alkanes) is 8. The van der Waals surface area contributed by atoms with E-state index in [0.717, 1.165) is 25.7 Å². The average molecular weight is 483 g/mol. The summed E-state index contributed by atoms with van der Waals surface area (Å²) in [6, 6.07) is 5.04. The van der Waals surface area contributed by atoms with E-state index in [0.29, 0.717) is 24.9 Å². The Balaban J connectivity index is 2.02. The second-order valence-corrected chi connectivity index (χ2v) is 11.0. The van der Waals surface area contributed by atoms with Crippen LogP contribution in [0.2, 0.25) is 0 Å². The molecule has 1 aromatic carbocycles. The van der Waals surface area contributed by atoms with Crippen molar-refractivity contribution < 1.29 is 23.5 Å². The van der Waals surface area contributed by atoms with Gasteiger partial charge in [0.25, 0.3) is 5.69 Å². The molecule has 2 rings (SSSR count). The molecular weight excluding hydrogens is 443 g/mol. The van der Waals surface area contributed by atoms with E-state index < -0.39 is 18.5 Å². The van der Waals surface area contributed by atoms with Crippen LogP contribution in [0.1, 0.15) is 84.5 Å². The molecule has 33 heavy (non-hydrogen) atoms. The number of ether oxygens (including phenoxy) is 1. The smallest absolute Gasteiger partial charge is 0.323 e.